The number of nitrogens with one attached hydrogen (secondary N) is 1. The molecule has 0 bridgehead atoms. The summed E-state index contributed by atoms with van der Waals surface area (Å²) in [5, 5.41) is 11.7. The Morgan fingerprint density at radius 1 is 1.33 bits per heavy atom. The Kier molecular flexibility index (Phi) is 5.29. The molecule has 0 saturated carbocycles. The normalized spacial score (nSPS) is 13.3. The molecule has 1 heterocycles. The lowest BCUT2D eigenvalue weighted by Gasteiger charge is -2.16. The van der Waals surface area contributed by atoms with E-state index in [0.717, 1.165) is 0 Å². The molecule has 0 amide bonds. The molecule has 1 aromatic heterocycles. The molecule has 0 aliphatic rings. The van der Waals surface area contributed by atoms with Gasteiger partial charge in [-0.25, -0.2) is 13.1 Å². The fraction of sp³-hybridized carbons (Fsp3) is 0.231. The predicted octanol–water partition coefficient (Wildman–Crippen LogP) is 3.59. The Hall–Kier alpha value is -0.630. The van der Waals surface area contributed by atoms with Gasteiger partial charge in [-0.15, -0.1) is 11.3 Å². The van der Waals surface area contributed by atoms with Gasteiger partial charge in [0.15, 0.2) is 0 Å². The van der Waals surface area contributed by atoms with Crippen molar-refractivity contribution < 1.29 is 13.5 Å². The van der Waals surface area contributed by atoms with E-state index in [1.807, 2.05) is 0 Å². The predicted molar refractivity (Wildman–Crippen MR) is 85.4 cm³/mol. The van der Waals surface area contributed by atoms with Gasteiger partial charge in [0, 0.05) is 21.0 Å². The molecule has 0 aliphatic carbocycles. The van der Waals surface area contributed by atoms with Crippen LogP contribution < -0.4 is 4.72 Å². The average molecular weight is 366 g/mol. The highest BCUT2D eigenvalue weighted by molar-refractivity contribution is 7.89. The summed E-state index contributed by atoms with van der Waals surface area (Å²) >= 11 is 13.1. The first-order valence-corrected chi connectivity index (χ1v) is 9.11. The maximum atomic E-state index is 12.4. The van der Waals surface area contributed by atoms with Crippen LogP contribution in [0.4, 0.5) is 0 Å². The van der Waals surface area contributed by atoms with Crippen molar-refractivity contribution >= 4 is 44.6 Å². The molecule has 0 spiro atoms. The van der Waals surface area contributed by atoms with Gasteiger partial charge in [0.25, 0.3) is 0 Å². The largest absolute Gasteiger partial charge is 0.391 e. The molecule has 1 atom stereocenters. The zero-order valence-electron chi connectivity index (χ0n) is 11.0. The van der Waals surface area contributed by atoms with Crippen LogP contribution in [0.5, 0.6) is 0 Å². The molecule has 114 valence electrons. The van der Waals surface area contributed by atoms with Gasteiger partial charge >= 0.3 is 0 Å². The van der Waals surface area contributed by atoms with E-state index in [-0.39, 0.29) is 11.5 Å². The van der Waals surface area contributed by atoms with Crippen LogP contribution in [0.3, 0.4) is 0 Å². The van der Waals surface area contributed by atoms with Crippen LogP contribution in [0.1, 0.15) is 23.4 Å². The minimum Gasteiger partial charge on any atom is -0.391 e. The Morgan fingerprint density at radius 3 is 2.67 bits per heavy atom. The van der Waals surface area contributed by atoms with Crippen molar-refractivity contribution in [1.29, 1.82) is 0 Å². The first-order valence-electron chi connectivity index (χ1n) is 5.99. The van der Waals surface area contributed by atoms with Gasteiger partial charge in [0.2, 0.25) is 10.0 Å². The SMILES string of the molecule is CC(NS(=O)(=O)c1ccsc1CO)c1ccc(Cl)cc1Cl. The van der Waals surface area contributed by atoms with Crippen molar-refractivity contribution in [3.05, 3.63) is 50.1 Å². The second-order valence-corrected chi connectivity index (χ2v) is 7.90. The zero-order valence-corrected chi connectivity index (χ0v) is 14.2. The third-order valence-corrected chi connectivity index (χ3v) is 6.12. The van der Waals surface area contributed by atoms with Gasteiger partial charge in [-0.3, -0.25) is 0 Å². The Bertz CT molecular complexity index is 744. The van der Waals surface area contributed by atoms with E-state index in [0.29, 0.717) is 20.5 Å². The number of aliphatic hydroxyl groups is 1. The molecule has 2 rings (SSSR count). The van der Waals surface area contributed by atoms with Crippen LogP contribution in [0, 0.1) is 0 Å². The standard InChI is InChI=1S/C13H13Cl2NO3S2/c1-8(10-3-2-9(14)6-11(10)15)16-21(18,19)13-4-5-20-12(13)7-17/h2-6,8,16-17H,7H2,1H3. The average Bonchev–Trinajstić information content (AvgIpc) is 2.86. The number of thiophene rings is 1. The van der Waals surface area contributed by atoms with E-state index < -0.39 is 16.1 Å². The van der Waals surface area contributed by atoms with Gasteiger partial charge in [0.1, 0.15) is 0 Å². The molecule has 2 N–H and O–H groups in total. The number of hydrogen-bond donors (Lipinski definition) is 2. The number of aliphatic hydroxyl groups excluding tert-OH is 1. The van der Waals surface area contributed by atoms with Crippen molar-refractivity contribution in [3.63, 3.8) is 0 Å². The van der Waals surface area contributed by atoms with Crippen molar-refractivity contribution in [2.75, 3.05) is 0 Å². The topological polar surface area (TPSA) is 66.4 Å². The van der Waals surface area contributed by atoms with Crippen LogP contribution >= 0.6 is 34.5 Å². The van der Waals surface area contributed by atoms with Crippen LogP contribution in [0.2, 0.25) is 10.0 Å². The maximum Gasteiger partial charge on any atom is 0.242 e. The van der Waals surface area contributed by atoms with Gasteiger partial charge in [-0.05, 0) is 36.1 Å². The minimum atomic E-state index is -3.73. The summed E-state index contributed by atoms with van der Waals surface area (Å²) in [6, 6.07) is 5.84. The van der Waals surface area contributed by atoms with Crippen molar-refractivity contribution in [3.8, 4) is 0 Å². The third-order valence-electron chi connectivity index (χ3n) is 2.90. The van der Waals surface area contributed by atoms with E-state index in [2.05, 4.69) is 4.72 Å². The number of halogens is 2. The lowest BCUT2D eigenvalue weighted by atomic mass is 10.1. The van der Waals surface area contributed by atoms with Gasteiger partial charge < -0.3 is 5.11 Å². The summed E-state index contributed by atoms with van der Waals surface area (Å²) in [6.07, 6.45) is 0. The summed E-state index contributed by atoms with van der Waals surface area (Å²) in [5.41, 5.74) is 0.630. The van der Waals surface area contributed by atoms with Crippen LogP contribution in [-0.4, -0.2) is 13.5 Å². The number of benzene rings is 1. The molecule has 0 aliphatic heterocycles. The number of rotatable bonds is 5. The van der Waals surface area contributed by atoms with Gasteiger partial charge in [0.05, 0.1) is 11.5 Å². The number of sulfonamides is 1. The second kappa shape index (κ2) is 6.64. The van der Waals surface area contributed by atoms with Crippen LogP contribution in [0.25, 0.3) is 0 Å². The summed E-state index contributed by atoms with van der Waals surface area (Å²) in [6.45, 7) is 1.38. The molecule has 1 unspecified atom stereocenters. The zero-order chi connectivity index (χ0) is 15.6. The Labute approximate surface area is 137 Å². The monoisotopic (exact) mass is 365 g/mol. The minimum absolute atomic E-state index is 0.0898. The highest BCUT2D eigenvalue weighted by Gasteiger charge is 2.23. The van der Waals surface area contributed by atoms with E-state index in [4.69, 9.17) is 23.2 Å². The third kappa shape index (κ3) is 3.77. The van der Waals surface area contributed by atoms with Crippen molar-refractivity contribution in [2.45, 2.75) is 24.5 Å². The molecule has 2 aromatic rings. The summed E-state index contributed by atoms with van der Waals surface area (Å²) in [7, 11) is -3.73. The van der Waals surface area contributed by atoms with Crippen LogP contribution in [-0.2, 0) is 16.6 Å². The van der Waals surface area contributed by atoms with Crippen molar-refractivity contribution in [1.82, 2.24) is 4.72 Å². The highest BCUT2D eigenvalue weighted by Crippen LogP contribution is 2.28. The highest BCUT2D eigenvalue weighted by atomic mass is 35.5. The van der Waals surface area contributed by atoms with Crippen LogP contribution in [0.15, 0.2) is 34.5 Å². The maximum absolute atomic E-state index is 12.4. The number of hydrogen-bond acceptors (Lipinski definition) is 4. The molecular weight excluding hydrogens is 353 g/mol. The summed E-state index contributed by atoms with van der Waals surface area (Å²) in [5.74, 6) is 0. The molecule has 0 radical (unpaired) electrons. The molecule has 4 nitrogen and oxygen atoms in total. The summed E-state index contributed by atoms with van der Waals surface area (Å²) in [4.78, 5) is 0.490. The molecule has 1 aromatic carbocycles. The Balaban J connectivity index is 2.28. The summed E-state index contributed by atoms with van der Waals surface area (Å²) < 4.78 is 27.3. The second-order valence-electron chi connectivity index (χ2n) is 4.37. The van der Waals surface area contributed by atoms with Gasteiger partial charge in [-0.2, -0.15) is 0 Å². The fourth-order valence-corrected chi connectivity index (χ4v) is 4.99. The molecule has 21 heavy (non-hydrogen) atoms. The smallest absolute Gasteiger partial charge is 0.242 e. The van der Waals surface area contributed by atoms with E-state index in [1.54, 1.807) is 30.5 Å². The molecule has 8 heteroatoms. The first-order chi connectivity index (χ1) is 9.85. The van der Waals surface area contributed by atoms with E-state index in [9.17, 15) is 13.5 Å². The quantitative estimate of drug-likeness (QED) is 0.850. The Morgan fingerprint density at radius 2 is 2.05 bits per heavy atom. The van der Waals surface area contributed by atoms with Gasteiger partial charge in [-0.1, -0.05) is 29.3 Å². The molecular formula is C13H13Cl2NO3S2. The van der Waals surface area contributed by atoms with E-state index >= 15 is 0 Å². The fourth-order valence-electron chi connectivity index (χ4n) is 1.90. The van der Waals surface area contributed by atoms with E-state index in [1.165, 1.54) is 17.4 Å². The lowest BCUT2D eigenvalue weighted by molar-refractivity contribution is 0.282. The lowest BCUT2D eigenvalue weighted by Crippen LogP contribution is -2.27. The van der Waals surface area contributed by atoms with Crippen molar-refractivity contribution in [2.24, 2.45) is 0 Å². The molecule has 0 fully saturated rings. The first kappa shape index (κ1) is 16.7. The molecule has 0 saturated heterocycles.